The highest BCUT2D eigenvalue weighted by Gasteiger charge is 2.04. The van der Waals surface area contributed by atoms with Crippen LogP contribution < -0.4 is 4.74 Å². The summed E-state index contributed by atoms with van der Waals surface area (Å²) in [4.78, 5) is 0. The molecule has 0 aromatic heterocycles. The molecule has 2 aromatic carbocycles. The minimum absolute atomic E-state index is 0.294. The van der Waals surface area contributed by atoms with Crippen LogP contribution in [0.1, 0.15) is 5.56 Å². The molecule has 0 aliphatic rings. The predicted molar refractivity (Wildman–Crippen MR) is 69.8 cm³/mol. The van der Waals surface area contributed by atoms with Crippen molar-refractivity contribution >= 4 is 11.6 Å². The van der Waals surface area contributed by atoms with E-state index in [0.717, 1.165) is 22.4 Å². The van der Waals surface area contributed by atoms with Gasteiger partial charge in [0.1, 0.15) is 11.5 Å². The number of phenolic OH excluding ortho intramolecular Hbond substituents is 1. The molecule has 0 aliphatic carbocycles. The van der Waals surface area contributed by atoms with Crippen LogP contribution in [0.2, 0.25) is 5.02 Å². The molecule has 0 unspecified atom stereocenters. The van der Waals surface area contributed by atoms with E-state index in [2.05, 4.69) is 0 Å². The lowest BCUT2D eigenvalue weighted by molar-refractivity contribution is 0.415. The lowest BCUT2D eigenvalue weighted by Gasteiger charge is -2.07. The summed E-state index contributed by atoms with van der Waals surface area (Å²) in [5.41, 5.74) is 2.81. The van der Waals surface area contributed by atoms with E-state index in [1.54, 1.807) is 19.2 Å². The van der Waals surface area contributed by atoms with Gasteiger partial charge >= 0.3 is 0 Å². The first kappa shape index (κ1) is 11.8. The molecule has 88 valence electrons. The molecule has 0 spiro atoms. The number of rotatable bonds is 2. The van der Waals surface area contributed by atoms with Gasteiger partial charge in [0.15, 0.2) is 0 Å². The highest BCUT2D eigenvalue weighted by molar-refractivity contribution is 6.31. The van der Waals surface area contributed by atoms with Gasteiger partial charge < -0.3 is 9.84 Å². The Labute approximate surface area is 105 Å². The number of hydrogen-bond donors (Lipinski definition) is 1. The Morgan fingerprint density at radius 3 is 2.47 bits per heavy atom. The van der Waals surface area contributed by atoms with Crippen LogP contribution in [-0.2, 0) is 0 Å². The quantitative estimate of drug-likeness (QED) is 0.870. The molecule has 0 heterocycles. The maximum absolute atomic E-state index is 9.50. The molecule has 0 saturated carbocycles. The van der Waals surface area contributed by atoms with Gasteiger partial charge in [-0.2, -0.15) is 0 Å². The number of aromatic hydroxyl groups is 1. The summed E-state index contributed by atoms with van der Waals surface area (Å²) >= 11 is 6.02. The molecular formula is C14H13ClO2. The van der Waals surface area contributed by atoms with E-state index in [4.69, 9.17) is 16.3 Å². The molecule has 0 aliphatic heterocycles. The Morgan fingerprint density at radius 1 is 1.06 bits per heavy atom. The summed E-state index contributed by atoms with van der Waals surface area (Å²) in [6.07, 6.45) is 0. The number of benzene rings is 2. The molecule has 2 nitrogen and oxygen atoms in total. The highest BCUT2D eigenvalue weighted by Crippen LogP contribution is 2.30. The van der Waals surface area contributed by atoms with Gasteiger partial charge in [-0.25, -0.2) is 0 Å². The average molecular weight is 249 g/mol. The minimum atomic E-state index is 0.294. The maximum atomic E-state index is 9.50. The largest absolute Gasteiger partial charge is 0.508 e. The number of methoxy groups -OCH3 is 1. The van der Waals surface area contributed by atoms with Gasteiger partial charge in [-0.3, -0.25) is 0 Å². The van der Waals surface area contributed by atoms with E-state index in [1.807, 2.05) is 31.2 Å². The van der Waals surface area contributed by atoms with Crippen LogP contribution in [0.25, 0.3) is 11.1 Å². The van der Waals surface area contributed by atoms with Crippen molar-refractivity contribution in [2.24, 2.45) is 0 Å². The van der Waals surface area contributed by atoms with Crippen LogP contribution in [0.5, 0.6) is 11.5 Å². The van der Waals surface area contributed by atoms with Gasteiger partial charge in [0.25, 0.3) is 0 Å². The van der Waals surface area contributed by atoms with Crippen LogP contribution in [0, 0.1) is 6.92 Å². The summed E-state index contributed by atoms with van der Waals surface area (Å²) in [5.74, 6) is 1.01. The highest BCUT2D eigenvalue weighted by atomic mass is 35.5. The molecule has 1 N–H and O–H groups in total. The Balaban J connectivity index is 2.52. The monoisotopic (exact) mass is 248 g/mol. The van der Waals surface area contributed by atoms with Gasteiger partial charge in [0.2, 0.25) is 0 Å². The zero-order valence-electron chi connectivity index (χ0n) is 9.70. The van der Waals surface area contributed by atoms with E-state index in [1.165, 1.54) is 0 Å². The minimum Gasteiger partial charge on any atom is -0.508 e. The van der Waals surface area contributed by atoms with Crippen LogP contribution in [-0.4, -0.2) is 12.2 Å². The second-order valence-corrected chi connectivity index (χ2v) is 4.32. The molecular weight excluding hydrogens is 236 g/mol. The first-order valence-corrected chi connectivity index (χ1v) is 5.62. The van der Waals surface area contributed by atoms with Crippen LogP contribution in [0.15, 0.2) is 36.4 Å². The smallest absolute Gasteiger partial charge is 0.120 e. The Hall–Kier alpha value is -1.67. The molecule has 2 aromatic rings. The molecule has 17 heavy (non-hydrogen) atoms. The lowest BCUT2D eigenvalue weighted by atomic mass is 10.0. The maximum Gasteiger partial charge on any atom is 0.120 e. The summed E-state index contributed by atoms with van der Waals surface area (Å²) in [6.45, 7) is 1.86. The number of halogens is 1. The van der Waals surface area contributed by atoms with Gasteiger partial charge in [0.05, 0.1) is 7.11 Å². The van der Waals surface area contributed by atoms with Crippen molar-refractivity contribution in [2.45, 2.75) is 6.92 Å². The van der Waals surface area contributed by atoms with Crippen molar-refractivity contribution in [3.8, 4) is 22.6 Å². The molecule has 0 radical (unpaired) electrons. The fraction of sp³-hybridized carbons (Fsp3) is 0.143. The molecule has 0 saturated heterocycles. The Kier molecular flexibility index (Phi) is 3.25. The Bertz CT molecular complexity index is 550. The topological polar surface area (TPSA) is 29.5 Å². The average Bonchev–Trinajstić information content (AvgIpc) is 2.32. The predicted octanol–water partition coefficient (Wildman–Crippen LogP) is 4.03. The fourth-order valence-corrected chi connectivity index (χ4v) is 1.91. The van der Waals surface area contributed by atoms with Gasteiger partial charge in [-0.05, 0) is 53.9 Å². The normalized spacial score (nSPS) is 10.3. The molecule has 3 heteroatoms. The van der Waals surface area contributed by atoms with E-state index in [-0.39, 0.29) is 0 Å². The van der Waals surface area contributed by atoms with E-state index in [9.17, 15) is 5.11 Å². The summed E-state index contributed by atoms with van der Waals surface area (Å²) in [5, 5.41) is 10.1. The third kappa shape index (κ3) is 2.53. The molecule has 0 fully saturated rings. The molecule has 0 atom stereocenters. The van der Waals surface area contributed by atoms with Crippen LogP contribution in [0.3, 0.4) is 0 Å². The molecule has 0 bridgehead atoms. The summed E-state index contributed by atoms with van der Waals surface area (Å²) in [6, 6.07) is 11.0. The van der Waals surface area contributed by atoms with Gasteiger partial charge in [-0.15, -0.1) is 0 Å². The van der Waals surface area contributed by atoms with Crippen LogP contribution in [0.4, 0.5) is 0 Å². The van der Waals surface area contributed by atoms with Crippen molar-refractivity contribution in [1.82, 2.24) is 0 Å². The standard InChI is InChI=1S/C14H13ClO2/c1-9-5-10(3-4-14(9)16)11-6-12(15)8-13(7-11)17-2/h3-8,16H,1-2H3. The number of ether oxygens (including phenoxy) is 1. The first-order valence-electron chi connectivity index (χ1n) is 5.25. The number of hydrogen-bond acceptors (Lipinski definition) is 2. The Morgan fingerprint density at radius 2 is 1.82 bits per heavy atom. The SMILES string of the molecule is COc1cc(Cl)cc(-c2ccc(O)c(C)c2)c1. The van der Waals surface area contributed by atoms with Gasteiger partial charge in [-0.1, -0.05) is 17.7 Å². The summed E-state index contributed by atoms with van der Waals surface area (Å²) in [7, 11) is 1.61. The van der Waals surface area contributed by atoms with E-state index >= 15 is 0 Å². The van der Waals surface area contributed by atoms with Crippen molar-refractivity contribution < 1.29 is 9.84 Å². The molecule has 0 amide bonds. The van der Waals surface area contributed by atoms with Crippen molar-refractivity contribution in [2.75, 3.05) is 7.11 Å². The van der Waals surface area contributed by atoms with Crippen molar-refractivity contribution in [3.05, 3.63) is 47.0 Å². The first-order chi connectivity index (χ1) is 8.10. The second kappa shape index (κ2) is 4.68. The zero-order chi connectivity index (χ0) is 12.4. The third-order valence-corrected chi connectivity index (χ3v) is 2.86. The zero-order valence-corrected chi connectivity index (χ0v) is 10.5. The van der Waals surface area contributed by atoms with Gasteiger partial charge in [0, 0.05) is 5.02 Å². The third-order valence-electron chi connectivity index (χ3n) is 2.64. The van der Waals surface area contributed by atoms with Crippen molar-refractivity contribution in [1.29, 1.82) is 0 Å². The fourth-order valence-electron chi connectivity index (χ4n) is 1.68. The van der Waals surface area contributed by atoms with Crippen LogP contribution >= 0.6 is 11.6 Å². The summed E-state index contributed by atoms with van der Waals surface area (Å²) < 4.78 is 5.18. The van der Waals surface area contributed by atoms with Crippen molar-refractivity contribution in [3.63, 3.8) is 0 Å². The van der Waals surface area contributed by atoms with E-state index in [0.29, 0.717) is 10.8 Å². The number of aryl methyl sites for hydroxylation is 1. The lowest BCUT2D eigenvalue weighted by Crippen LogP contribution is -1.85. The number of phenols is 1. The van der Waals surface area contributed by atoms with E-state index < -0.39 is 0 Å². The molecule has 2 rings (SSSR count). The second-order valence-electron chi connectivity index (χ2n) is 3.88.